The number of aryl methyl sites for hydroxylation is 1. The maximum Gasteiger partial charge on any atom is 0.0991 e. The van der Waals surface area contributed by atoms with Crippen molar-refractivity contribution >= 4 is 0 Å². The minimum atomic E-state index is 0.678. The monoisotopic (exact) mass is 385 g/mol. The first-order chi connectivity index (χ1) is 14.0. The fourth-order valence-electron chi connectivity index (χ4n) is 3.58. The first-order valence-corrected chi connectivity index (χ1v) is 10.4. The maximum atomic E-state index is 9.03. The van der Waals surface area contributed by atoms with Gasteiger partial charge in [-0.25, -0.2) is 0 Å². The zero-order chi connectivity index (χ0) is 20.6. The molecule has 0 N–H and O–H groups in total. The molecule has 0 amide bonds. The van der Waals surface area contributed by atoms with E-state index in [4.69, 9.17) is 5.26 Å². The van der Waals surface area contributed by atoms with Crippen LogP contribution >= 0.6 is 0 Å². The molecule has 0 saturated heterocycles. The van der Waals surface area contributed by atoms with Crippen molar-refractivity contribution in [1.82, 2.24) is 9.47 Å². The smallest absolute Gasteiger partial charge is 0.0991 e. The lowest BCUT2D eigenvalue weighted by Crippen LogP contribution is -2.26. The number of nitriles is 1. The zero-order valence-corrected chi connectivity index (χ0v) is 17.8. The second-order valence-electron chi connectivity index (χ2n) is 8.32. The molecule has 0 saturated carbocycles. The Morgan fingerprint density at radius 1 is 0.966 bits per heavy atom. The second-order valence-corrected chi connectivity index (χ2v) is 8.32. The van der Waals surface area contributed by atoms with Crippen LogP contribution in [0, 0.1) is 24.2 Å². The topological polar surface area (TPSA) is 32.0 Å². The Bertz CT molecular complexity index is 945. The number of rotatable bonds is 9. The van der Waals surface area contributed by atoms with Gasteiger partial charge in [-0.2, -0.15) is 5.26 Å². The molecule has 3 heteroatoms. The van der Waals surface area contributed by atoms with Crippen molar-refractivity contribution in [3.8, 4) is 6.07 Å². The second kappa shape index (κ2) is 10.1. The lowest BCUT2D eigenvalue weighted by atomic mass is 10.1. The predicted molar refractivity (Wildman–Crippen MR) is 119 cm³/mol. The van der Waals surface area contributed by atoms with Gasteiger partial charge in [0.1, 0.15) is 0 Å². The Hall–Kier alpha value is -2.83. The molecule has 3 nitrogen and oxygen atoms in total. The van der Waals surface area contributed by atoms with Gasteiger partial charge < -0.3 is 4.57 Å². The summed E-state index contributed by atoms with van der Waals surface area (Å²) in [6, 6.07) is 23.3. The molecule has 0 aliphatic heterocycles. The highest BCUT2D eigenvalue weighted by atomic mass is 15.1. The predicted octanol–water partition coefficient (Wildman–Crippen LogP) is 5.76. The van der Waals surface area contributed by atoms with E-state index < -0.39 is 0 Å². The zero-order valence-electron chi connectivity index (χ0n) is 17.8. The van der Waals surface area contributed by atoms with Crippen molar-refractivity contribution in [2.24, 2.45) is 5.92 Å². The Labute approximate surface area is 175 Å². The fraction of sp³-hybridized carbons (Fsp3) is 0.346. The molecule has 150 valence electrons. The van der Waals surface area contributed by atoms with E-state index in [2.05, 4.69) is 91.0 Å². The first kappa shape index (κ1) is 20.9. The van der Waals surface area contributed by atoms with Crippen LogP contribution in [0.4, 0.5) is 0 Å². The normalized spacial score (nSPS) is 11.2. The van der Waals surface area contributed by atoms with Gasteiger partial charge in [0.05, 0.1) is 11.6 Å². The largest absolute Gasteiger partial charge is 0.346 e. The first-order valence-electron chi connectivity index (χ1n) is 10.4. The van der Waals surface area contributed by atoms with Gasteiger partial charge in [0.2, 0.25) is 0 Å². The van der Waals surface area contributed by atoms with E-state index >= 15 is 0 Å². The van der Waals surface area contributed by atoms with Crippen molar-refractivity contribution in [2.75, 3.05) is 6.54 Å². The molecule has 0 spiro atoms. The Morgan fingerprint density at radius 2 is 1.76 bits per heavy atom. The Morgan fingerprint density at radius 3 is 2.45 bits per heavy atom. The SMILES string of the molecule is Cc1cccc(Cn2cccc2CN(CCC(C)C)Cc2ccc(C#N)cc2)c1. The quantitative estimate of drug-likeness (QED) is 0.469. The van der Waals surface area contributed by atoms with Crippen LogP contribution < -0.4 is 0 Å². The molecular weight excluding hydrogens is 354 g/mol. The number of hydrogen-bond donors (Lipinski definition) is 0. The van der Waals surface area contributed by atoms with Crippen molar-refractivity contribution < 1.29 is 0 Å². The van der Waals surface area contributed by atoms with Gasteiger partial charge in [0.15, 0.2) is 0 Å². The van der Waals surface area contributed by atoms with Gasteiger partial charge >= 0.3 is 0 Å². The van der Waals surface area contributed by atoms with E-state index in [1.807, 2.05) is 12.1 Å². The lowest BCUT2D eigenvalue weighted by molar-refractivity contribution is 0.235. The summed E-state index contributed by atoms with van der Waals surface area (Å²) in [6.45, 7) is 10.5. The highest BCUT2D eigenvalue weighted by molar-refractivity contribution is 5.31. The van der Waals surface area contributed by atoms with Gasteiger partial charge in [0.25, 0.3) is 0 Å². The highest BCUT2D eigenvalue weighted by Crippen LogP contribution is 2.16. The molecule has 3 aromatic rings. The molecule has 1 heterocycles. The van der Waals surface area contributed by atoms with Crippen molar-refractivity contribution in [1.29, 1.82) is 5.26 Å². The van der Waals surface area contributed by atoms with Gasteiger partial charge in [-0.15, -0.1) is 0 Å². The van der Waals surface area contributed by atoms with E-state index in [1.165, 1.54) is 28.8 Å². The van der Waals surface area contributed by atoms with Gasteiger partial charge in [-0.3, -0.25) is 4.90 Å². The third kappa shape index (κ3) is 6.34. The molecule has 0 fully saturated rings. The van der Waals surface area contributed by atoms with Crippen LogP contribution in [0.25, 0.3) is 0 Å². The number of nitrogens with zero attached hydrogens (tertiary/aromatic N) is 3. The van der Waals surface area contributed by atoms with Crippen LogP contribution in [0.5, 0.6) is 0 Å². The molecular formula is C26H31N3. The van der Waals surface area contributed by atoms with E-state index in [1.54, 1.807) is 0 Å². The van der Waals surface area contributed by atoms with Crippen molar-refractivity contribution in [3.63, 3.8) is 0 Å². The highest BCUT2D eigenvalue weighted by Gasteiger charge is 2.11. The minimum Gasteiger partial charge on any atom is -0.346 e. The Kier molecular flexibility index (Phi) is 7.27. The van der Waals surface area contributed by atoms with E-state index in [-0.39, 0.29) is 0 Å². The summed E-state index contributed by atoms with van der Waals surface area (Å²) in [7, 11) is 0. The summed E-state index contributed by atoms with van der Waals surface area (Å²) >= 11 is 0. The molecule has 0 aliphatic carbocycles. The summed E-state index contributed by atoms with van der Waals surface area (Å²) in [6.07, 6.45) is 3.36. The van der Waals surface area contributed by atoms with E-state index in [0.717, 1.165) is 31.7 Å². The molecule has 0 atom stereocenters. The van der Waals surface area contributed by atoms with Crippen LogP contribution in [0.15, 0.2) is 66.9 Å². The van der Waals surface area contributed by atoms with Gasteiger partial charge in [0, 0.05) is 31.5 Å². The van der Waals surface area contributed by atoms with Crippen molar-refractivity contribution in [3.05, 3.63) is 94.8 Å². The van der Waals surface area contributed by atoms with Crippen LogP contribution in [0.3, 0.4) is 0 Å². The van der Waals surface area contributed by atoms with Crippen LogP contribution in [0.1, 0.15) is 48.2 Å². The summed E-state index contributed by atoms with van der Waals surface area (Å²) in [4.78, 5) is 2.52. The average molecular weight is 386 g/mol. The number of aromatic nitrogens is 1. The summed E-state index contributed by atoms with van der Waals surface area (Å²) < 4.78 is 2.36. The minimum absolute atomic E-state index is 0.678. The molecule has 0 unspecified atom stereocenters. The lowest BCUT2D eigenvalue weighted by Gasteiger charge is -2.24. The number of hydrogen-bond acceptors (Lipinski definition) is 2. The summed E-state index contributed by atoms with van der Waals surface area (Å²) in [5, 5.41) is 9.03. The number of benzene rings is 2. The summed E-state index contributed by atoms with van der Waals surface area (Å²) in [5.74, 6) is 0.678. The Balaban J connectivity index is 1.73. The molecule has 0 bridgehead atoms. The molecule has 1 aromatic heterocycles. The molecule has 3 rings (SSSR count). The molecule has 0 aliphatic rings. The third-order valence-electron chi connectivity index (χ3n) is 5.26. The average Bonchev–Trinajstić information content (AvgIpc) is 3.13. The molecule has 0 radical (unpaired) electrons. The van der Waals surface area contributed by atoms with Crippen LogP contribution in [0.2, 0.25) is 0 Å². The van der Waals surface area contributed by atoms with E-state index in [0.29, 0.717) is 5.92 Å². The van der Waals surface area contributed by atoms with Crippen LogP contribution in [-0.4, -0.2) is 16.0 Å². The van der Waals surface area contributed by atoms with Gasteiger partial charge in [-0.1, -0.05) is 55.8 Å². The summed E-state index contributed by atoms with van der Waals surface area (Å²) in [5.41, 5.74) is 5.95. The molecule has 29 heavy (non-hydrogen) atoms. The molecule has 2 aromatic carbocycles. The maximum absolute atomic E-state index is 9.03. The van der Waals surface area contributed by atoms with Gasteiger partial charge in [-0.05, 0) is 61.2 Å². The standard InChI is InChI=1S/C26H31N3/c1-21(2)13-15-28(18-24-11-9-23(17-27)10-12-24)20-26-8-5-14-29(26)19-25-7-4-6-22(3)16-25/h4-12,14,16,21H,13,15,18-20H2,1-3H3. The van der Waals surface area contributed by atoms with Crippen molar-refractivity contribution in [2.45, 2.75) is 46.8 Å². The van der Waals surface area contributed by atoms with E-state index in [9.17, 15) is 0 Å². The fourth-order valence-corrected chi connectivity index (χ4v) is 3.58. The third-order valence-corrected chi connectivity index (χ3v) is 5.26. The van der Waals surface area contributed by atoms with Crippen LogP contribution in [-0.2, 0) is 19.6 Å².